The van der Waals surface area contributed by atoms with E-state index in [1.165, 1.54) is 25.7 Å². The second kappa shape index (κ2) is 7.21. The highest BCUT2D eigenvalue weighted by Gasteiger charge is 2.30. The number of nitrogens with zero attached hydrogens (tertiary/aromatic N) is 3. The molecule has 1 N–H and O–H groups in total. The highest BCUT2D eigenvalue weighted by molar-refractivity contribution is 4.95. The van der Waals surface area contributed by atoms with Gasteiger partial charge in [-0.25, -0.2) is 9.67 Å². The molecule has 0 amide bonds. The zero-order valence-corrected chi connectivity index (χ0v) is 13.5. The van der Waals surface area contributed by atoms with Crippen LogP contribution in [0.4, 0.5) is 0 Å². The Hall–Kier alpha value is -0.900. The van der Waals surface area contributed by atoms with Gasteiger partial charge in [0.15, 0.2) is 0 Å². The minimum atomic E-state index is 0.391. The Morgan fingerprint density at radius 3 is 2.75 bits per heavy atom. The molecule has 114 valence electrons. The van der Waals surface area contributed by atoms with E-state index in [4.69, 9.17) is 0 Å². The molecule has 0 radical (unpaired) electrons. The third-order valence-electron chi connectivity index (χ3n) is 4.73. The second-order valence-electron chi connectivity index (χ2n) is 6.43. The van der Waals surface area contributed by atoms with Crippen LogP contribution in [0.15, 0.2) is 6.33 Å². The van der Waals surface area contributed by atoms with E-state index in [-0.39, 0.29) is 0 Å². The Kier molecular flexibility index (Phi) is 5.58. The molecule has 4 nitrogen and oxygen atoms in total. The minimum Gasteiger partial charge on any atom is -0.314 e. The summed E-state index contributed by atoms with van der Waals surface area (Å²) in [5, 5.41) is 8.06. The van der Waals surface area contributed by atoms with Crippen LogP contribution in [0.3, 0.4) is 0 Å². The number of likely N-dealkylation sites (N-methyl/N-ethyl adjacent to an activating group) is 1. The molecule has 3 unspecified atom stereocenters. The summed E-state index contributed by atoms with van der Waals surface area (Å²) in [6, 6.07) is 0.944. The van der Waals surface area contributed by atoms with E-state index in [9.17, 15) is 0 Å². The van der Waals surface area contributed by atoms with Crippen molar-refractivity contribution in [1.29, 1.82) is 0 Å². The Morgan fingerprint density at radius 1 is 1.35 bits per heavy atom. The van der Waals surface area contributed by atoms with E-state index < -0.39 is 0 Å². The van der Waals surface area contributed by atoms with Gasteiger partial charge >= 0.3 is 0 Å². The summed E-state index contributed by atoms with van der Waals surface area (Å²) in [5.41, 5.74) is 0. The molecule has 0 bridgehead atoms. The fourth-order valence-electron chi connectivity index (χ4n) is 3.57. The van der Waals surface area contributed by atoms with Crippen molar-refractivity contribution in [3.8, 4) is 0 Å². The average Bonchev–Trinajstić information content (AvgIpc) is 3.06. The Labute approximate surface area is 123 Å². The summed E-state index contributed by atoms with van der Waals surface area (Å²) in [7, 11) is 0. The lowest BCUT2D eigenvalue weighted by atomic mass is 9.93. The molecule has 1 fully saturated rings. The number of rotatable bonds is 7. The van der Waals surface area contributed by atoms with Crippen molar-refractivity contribution in [2.75, 3.05) is 6.54 Å². The Morgan fingerprint density at radius 2 is 2.15 bits per heavy atom. The summed E-state index contributed by atoms with van der Waals surface area (Å²) in [6.45, 7) is 9.90. The van der Waals surface area contributed by atoms with E-state index in [0.29, 0.717) is 12.1 Å². The molecule has 1 aromatic heterocycles. The summed E-state index contributed by atoms with van der Waals surface area (Å²) >= 11 is 0. The highest BCUT2D eigenvalue weighted by Crippen LogP contribution is 2.35. The van der Waals surface area contributed by atoms with Crippen LogP contribution in [0, 0.1) is 11.8 Å². The smallest absolute Gasteiger partial charge is 0.138 e. The van der Waals surface area contributed by atoms with Crippen molar-refractivity contribution >= 4 is 0 Å². The molecule has 20 heavy (non-hydrogen) atoms. The summed E-state index contributed by atoms with van der Waals surface area (Å²) < 4.78 is 2.07. The van der Waals surface area contributed by atoms with Crippen molar-refractivity contribution in [2.45, 2.75) is 71.9 Å². The van der Waals surface area contributed by atoms with Gasteiger partial charge in [0, 0.05) is 18.5 Å². The van der Waals surface area contributed by atoms with Crippen molar-refractivity contribution in [1.82, 2.24) is 20.1 Å². The van der Waals surface area contributed by atoms with E-state index in [0.717, 1.165) is 30.6 Å². The minimum absolute atomic E-state index is 0.391. The van der Waals surface area contributed by atoms with Crippen molar-refractivity contribution in [3.05, 3.63) is 12.2 Å². The lowest BCUT2D eigenvalue weighted by molar-refractivity contribution is 0.337. The topological polar surface area (TPSA) is 42.7 Å². The average molecular weight is 278 g/mol. The molecule has 3 atom stereocenters. The van der Waals surface area contributed by atoms with Crippen molar-refractivity contribution in [3.63, 3.8) is 0 Å². The van der Waals surface area contributed by atoms with Gasteiger partial charge in [0.05, 0.1) is 0 Å². The predicted molar refractivity (Wildman–Crippen MR) is 82.7 cm³/mol. The number of hydrogen-bond donors (Lipinski definition) is 1. The standard InChI is InChI=1S/C16H30N4/c1-5-13-7-8-14(9-13)15(17-6-2)10-16-18-11-19-20(16)12(3)4/h11-15,17H,5-10H2,1-4H3. The number of aromatic nitrogens is 3. The van der Waals surface area contributed by atoms with Gasteiger partial charge in [-0.15, -0.1) is 0 Å². The van der Waals surface area contributed by atoms with Crippen LogP contribution in [0.2, 0.25) is 0 Å². The molecule has 0 saturated heterocycles. The third kappa shape index (κ3) is 3.60. The molecule has 1 saturated carbocycles. The quantitative estimate of drug-likeness (QED) is 0.833. The number of hydrogen-bond acceptors (Lipinski definition) is 3. The maximum atomic E-state index is 4.48. The molecule has 1 aliphatic rings. The zero-order chi connectivity index (χ0) is 14.5. The highest BCUT2D eigenvalue weighted by atomic mass is 15.3. The predicted octanol–water partition coefficient (Wildman–Crippen LogP) is 3.21. The summed E-state index contributed by atoms with van der Waals surface area (Å²) in [5.74, 6) is 2.87. The molecule has 1 aromatic rings. The van der Waals surface area contributed by atoms with Crippen LogP contribution < -0.4 is 5.32 Å². The lowest BCUT2D eigenvalue weighted by Gasteiger charge is -2.25. The molecule has 4 heteroatoms. The van der Waals surface area contributed by atoms with Gasteiger partial charge in [-0.2, -0.15) is 5.10 Å². The van der Waals surface area contributed by atoms with Crippen molar-refractivity contribution < 1.29 is 0 Å². The molecular weight excluding hydrogens is 248 g/mol. The van der Waals surface area contributed by atoms with E-state index in [2.05, 4.69) is 47.8 Å². The lowest BCUT2D eigenvalue weighted by Crippen LogP contribution is -2.38. The monoisotopic (exact) mass is 278 g/mol. The van der Waals surface area contributed by atoms with E-state index in [1.807, 2.05) is 0 Å². The van der Waals surface area contributed by atoms with E-state index >= 15 is 0 Å². The van der Waals surface area contributed by atoms with Crippen LogP contribution in [-0.2, 0) is 6.42 Å². The van der Waals surface area contributed by atoms with Gasteiger partial charge in [-0.1, -0.05) is 26.7 Å². The molecule has 1 heterocycles. The first-order valence-electron chi connectivity index (χ1n) is 8.27. The van der Waals surface area contributed by atoms with Gasteiger partial charge in [0.1, 0.15) is 12.2 Å². The maximum Gasteiger partial charge on any atom is 0.138 e. The second-order valence-corrected chi connectivity index (χ2v) is 6.43. The third-order valence-corrected chi connectivity index (χ3v) is 4.73. The summed E-state index contributed by atoms with van der Waals surface area (Å²) in [4.78, 5) is 4.48. The van der Waals surface area contributed by atoms with Gasteiger partial charge in [0.2, 0.25) is 0 Å². The summed E-state index contributed by atoms with van der Waals surface area (Å²) in [6.07, 6.45) is 8.18. The molecule has 1 aliphatic carbocycles. The first kappa shape index (κ1) is 15.5. The first-order chi connectivity index (χ1) is 9.65. The zero-order valence-electron chi connectivity index (χ0n) is 13.5. The fourth-order valence-corrected chi connectivity index (χ4v) is 3.57. The van der Waals surface area contributed by atoms with Crippen LogP contribution in [0.25, 0.3) is 0 Å². The van der Waals surface area contributed by atoms with Crippen LogP contribution in [0.5, 0.6) is 0 Å². The van der Waals surface area contributed by atoms with Gasteiger partial charge in [-0.05, 0) is 45.1 Å². The fraction of sp³-hybridized carbons (Fsp3) is 0.875. The first-order valence-corrected chi connectivity index (χ1v) is 8.27. The molecular formula is C16H30N4. The largest absolute Gasteiger partial charge is 0.314 e. The van der Waals surface area contributed by atoms with Gasteiger partial charge in [-0.3, -0.25) is 0 Å². The Bertz CT molecular complexity index is 399. The number of nitrogens with one attached hydrogen (secondary N) is 1. The van der Waals surface area contributed by atoms with Gasteiger partial charge in [0.25, 0.3) is 0 Å². The van der Waals surface area contributed by atoms with E-state index in [1.54, 1.807) is 6.33 Å². The van der Waals surface area contributed by atoms with Gasteiger partial charge < -0.3 is 5.32 Å². The molecule has 2 rings (SSSR count). The molecule has 0 aromatic carbocycles. The van der Waals surface area contributed by atoms with Crippen LogP contribution in [0.1, 0.15) is 65.2 Å². The van der Waals surface area contributed by atoms with Crippen LogP contribution >= 0.6 is 0 Å². The Balaban J connectivity index is 2.04. The van der Waals surface area contributed by atoms with Crippen LogP contribution in [-0.4, -0.2) is 27.4 Å². The maximum absolute atomic E-state index is 4.48. The normalized spacial score (nSPS) is 24.4. The molecule has 0 spiro atoms. The van der Waals surface area contributed by atoms with Crippen molar-refractivity contribution in [2.24, 2.45) is 11.8 Å². The molecule has 0 aliphatic heterocycles. The SMILES string of the molecule is CCNC(Cc1ncnn1C(C)C)C1CCC(CC)C1.